The predicted molar refractivity (Wildman–Crippen MR) is 113 cm³/mol. The second kappa shape index (κ2) is 12.4. The van der Waals surface area contributed by atoms with Crippen molar-refractivity contribution in [3.63, 3.8) is 0 Å². The van der Waals surface area contributed by atoms with Crippen molar-refractivity contribution in [1.29, 1.82) is 0 Å². The van der Waals surface area contributed by atoms with Crippen molar-refractivity contribution in [2.24, 2.45) is 0 Å². The first-order chi connectivity index (χ1) is 10.9. The van der Waals surface area contributed by atoms with Gasteiger partial charge in [0.15, 0.2) is 0 Å². The van der Waals surface area contributed by atoms with E-state index in [0.717, 1.165) is 0 Å². The summed E-state index contributed by atoms with van der Waals surface area (Å²) in [4.78, 5) is 2.15. The minimum atomic E-state index is -0.188. The molecule has 1 aromatic carbocycles. The number of halogens is 1. The molecule has 0 aliphatic rings. The van der Waals surface area contributed by atoms with E-state index in [1.54, 1.807) is 6.08 Å². The number of anilines is 1. The number of allylic oxidation sites excluding steroid dienone is 1. The fraction of sp³-hybridized carbons (Fsp3) is 0.550. The first-order valence-electron chi connectivity index (χ1n) is 8.05. The van der Waals surface area contributed by atoms with Gasteiger partial charge in [0.2, 0.25) is 0 Å². The monoisotopic (exact) mass is 461 g/mol. The molecule has 0 amide bonds. The van der Waals surface area contributed by atoms with Crippen LogP contribution in [0, 0.1) is 6.42 Å². The van der Waals surface area contributed by atoms with Gasteiger partial charge in [-0.2, -0.15) is 0 Å². The summed E-state index contributed by atoms with van der Waals surface area (Å²) in [6, 6.07) is 9.11. The zero-order valence-corrected chi connectivity index (χ0v) is 20.0. The predicted octanol–water partition coefficient (Wildman–Crippen LogP) is 6.54. The van der Waals surface area contributed by atoms with Gasteiger partial charge in [-0.25, -0.2) is 19.1 Å². The molecular weight excluding hydrogens is 427 g/mol. The zero-order chi connectivity index (χ0) is 19.6. The maximum absolute atomic E-state index is 4.49. The fourth-order valence-corrected chi connectivity index (χ4v) is 6.69. The van der Waals surface area contributed by atoms with Crippen LogP contribution in [0.5, 0.6) is 0 Å². The summed E-state index contributed by atoms with van der Waals surface area (Å²) in [5.41, 5.74) is 1.27. The van der Waals surface area contributed by atoms with Crippen molar-refractivity contribution < 1.29 is 18.2 Å². The summed E-state index contributed by atoms with van der Waals surface area (Å²) in [6.07, 6.45) is 3.64. The Bertz CT molecular complexity index is 430. The molecule has 0 fully saturated rings. The van der Waals surface area contributed by atoms with Gasteiger partial charge in [-0.15, -0.1) is 6.92 Å². The van der Waals surface area contributed by atoms with E-state index >= 15 is 0 Å². The molecule has 4 heteroatoms. The average Bonchev–Trinajstić information content (AvgIpc) is 2.47. The van der Waals surface area contributed by atoms with Crippen LogP contribution in [0.4, 0.5) is 5.69 Å². The van der Waals surface area contributed by atoms with Gasteiger partial charge in [0.1, 0.15) is 0 Å². The molecular formula is C20H35ClNPPd. The minimum absolute atomic E-state index is 0.188. The normalized spacial score (nSPS) is 10.9. The molecule has 24 heavy (non-hydrogen) atoms. The third kappa shape index (κ3) is 10.1. The van der Waals surface area contributed by atoms with E-state index in [2.05, 4.69) is 119 Å². The molecule has 0 atom stereocenters. The summed E-state index contributed by atoms with van der Waals surface area (Å²) < 4.78 is 0. The average molecular weight is 462 g/mol. The summed E-state index contributed by atoms with van der Waals surface area (Å²) in [5.74, 6) is 0. The summed E-state index contributed by atoms with van der Waals surface area (Å²) in [6.45, 7) is 19.6. The van der Waals surface area contributed by atoms with Gasteiger partial charge in [0, 0.05) is 19.8 Å². The molecule has 0 radical (unpaired) electrons. The number of benzene rings is 1. The van der Waals surface area contributed by atoms with Gasteiger partial charge in [0.25, 0.3) is 0 Å². The van der Waals surface area contributed by atoms with Crippen LogP contribution in [0.3, 0.4) is 0 Å². The molecule has 0 unspecified atom stereocenters. The molecule has 142 valence electrons. The summed E-state index contributed by atoms with van der Waals surface area (Å²) in [7, 11) is 8.48. The van der Waals surface area contributed by atoms with E-state index < -0.39 is 0 Å². The van der Waals surface area contributed by atoms with Gasteiger partial charge < -0.3 is 4.90 Å². The molecule has 0 aliphatic carbocycles. The molecule has 0 aromatic heterocycles. The molecule has 1 aromatic rings. The Hall–Kier alpha value is 0.0123. The van der Waals surface area contributed by atoms with Crippen molar-refractivity contribution in [3.8, 4) is 0 Å². The van der Waals surface area contributed by atoms with Crippen LogP contribution in [0.15, 0.2) is 36.9 Å². The van der Waals surface area contributed by atoms with E-state index in [0.29, 0.717) is 10.3 Å². The zero-order valence-electron chi connectivity index (χ0n) is 16.8. The molecule has 0 spiro atoms. The van der Waals surface area contributed by atoms with Crippen LogP contribution in [0.1, 0.15) is 48.5 Å². The second-order valence-corrected chi connectivity index (χ2v) is 11.5. The summed E-state index contributed by atoms with van der Waals surface area (Å²) in [5, 5.41) is 2.19. The van der Waals surface area contributed by atoms with Crippen molar-refractivity contribution in [2.75, 3.05) is 19.0 Å². The van der Waals surface area contributed by atoms with Gasteiger partial charge >= 0.3 is 27.7 Å². The van der Waals surface area contributed by atoms with E-state index in [4.69, 9.17) is 0 Å². The number of nitrogens with zero attached hydrogens (tertiary/aromatic N) is 1. The van der Waals surface area contributed by atoms with Crippen LogP contribution < -0.4 is 10.2 Å². The summed E-state index contributed by atoms with van der Waals surface area (Å²) >= 11 is 2.22. The Kier molecular flexibility index (Phi) is 13.5. The molecule has 0 bridgehead atoms. The molecule has 0 N–H and O–H groups in total. The van der Waals surface area contributed by atoms with Crippen molar-refractivity contribution in [2.45, 2.75) is 58.8 Å². The van der Waals surface area contributed by atoms with Crippen molar-refractivity contribution in [3.05, 3.63) is 43.3 Å². The maximum atomic E-state index is 4.49. The third-order valence-corrected chi connectivity index (χ3v) is 6.70. The second-order valence-electron chi connectivity index (χ2n) is 7.66. The molecule has 0 heterocycles. The Morgan fingerprint density at radius 2 is 1.33 bits per heavy atom. The van der Waals surface area contributed by atoms with Crippen molar-refractivity contribution >= 4 is 28.4 Å². The topological polar surface area (TPSA) is 3.24 Å². The Morgan fingerprint density at radius 3 is 1.54 bits per heavy atom. The van der Waals surface area contributed by atoms with Crippen LogP contribution in [0.2, 0.25) is 0 Å². The van der Waals surface area contributed by atoms with E-state index in [-0.39, 0.29) is 7.92 Å². The van der Waals surface area contributed by atoms with Gasteiger partial charge in [-0.05, 0) is 27.7 Å². The molecule has 0 saturated heterocycles. The van der Waals surface area contributed by atoms with Crippen LogP contribution >= 0.6 is 17.5 Å². The Labute approximate surface area is 167 Å². The molecule has 1 rings (SSSR count). The number of hydrogen-bond acceptors (Lipinski definition) is 1. The number of hydrogen-bond donors (Lipinski definition) is 0. The first kappa shape index (κ1) is 26.2. The Balaban J connectivity index is 0. The standard InChI is InChI=1S/C16H28NP.C4H7.ClH.Pd/c1-15(2,3)18(16(4,5)6)14-11-9-13(10-12-14)17(7)8;1-3-4-2;;/h9-12H,1-8H3;3-4H,1H2,2H3;1H;/q;-1;;+2/p-1. The van der Waals surface area contributed by atoms with Gasteiger partial charge in [-0.3, -0.25) is 0 Å². The van der Waals surface area contributed by atoms with Crippen LogP contribution in [0.25, 0.3) is 0 Å². The van der Waals surface area contributed by atoms with E-state index in [1.807, 2.05) is 13.3 Å². The van der Waals surface area contributed by atoms with Crippen molar-refractivity contribution in [1.82, 2.24) is 0 Å². The van der Waals surface area contributed by atoms with Crippen LogP contribution in [-0.4, -0.2) is 24.4 Å². The molecule has 1 nitrogen and oxygen atoms in total. The molecule has 0 saturated carbocycles. The van der Waals surface area contributed by atoms with Crippen LogP contribution in [-0.2, 0) is 18.2 Å². The third-order valence-electron chi connectivity index (χ3n) is 3.20. The molecule has 0 aliphatic heterocycles. The Morgan fingerprint density at radius 1 is 1.00 bits per heavy atom. The van der Waals surface area contributed by atoms with Gasteiger partial charge in [-0.1, -0.05) is 61.6 Å². The van der Waals surface area contributed by atoms with E-state index in [9.17, 15) is 0 Å². The fourth-order valence-electron chi connectivity index (χ4n) is 2.68. The van der Waals surface area contributed by atoms with E-state index in [1.165, 1.54) is 11.0 Å². The number of rotatable bonds is 3. The first-order valence-corrected chi connectivity index (χ1v) is 11.4. The quantitative estimate of drug-likeness (QED) is 0.280. The van der Waals surface area contributed by atoms with Gasteiger partial charge in [0.05, 0.1) is 0 Å². The SMILES string of the molecule is C=C[CH-]C.CN(C)c1ccc(P(C(C)(C)C)C(C)(C)C)cc1.[Cl][Pd+].